The minimum atomic E-state index is 0.0140. The molecule has 0 bridgehead atoms. The topological polar surface area (TPSA) is 58.1 Å². The van der Waals surface area contributed by atoms with E-state index in [9.17, 15) is 4.79 Å². The van der Waals surface area contributed by atoms with Crippen LogP contribution >= 0.6 is 0 Å². The Bertz CT molecular complexity index is 384. The van der Waals surface area contributed by atoms with E-state index in [1.807, 2.05) is 12.1 Å². The summed E-state index contributed by atoms with van der Waals surface area (Å²) in [6.07, 6.45) is 4.92. The third-order valence-electron chi connectivity index (χ3n) is 3.11. The molecule has 1 aliphatic heterocycles. The smallest absolute Gasteiger partial charge is 0.225 e. The summed E-state index contributed by atoms with van der Waals surface area (Å²) in [4.78, 5) is 13.7. The molecule has 1 amide bonds. The van der Waals surface area contributed by atoms with Crippen molar-refractivity contribution in [3.05, 3.63) is 12.1 Å². The van der Waals surface area contributed by atoms with Crippen LogP contribution in [0.25, 0.3) is 0 Å². The number of carbonyl (C=O) groups excluding carboxylic acids is 1. The highest BCUT2D eigenvalue weighted by molar-refractivity contribution is 5.89. The maximum absolute atomic E-state index is 11.5. The van der Waals surface area contributed by atoms with E-state index in [0.29, 0.717) is 12.2 Å². The number of hydrogen-bond donors (Lipinski definition) is 1. The molecule has 0 radical (unpaired) electrons. The molecule has 0 aliphatic carbocycles. The van der Waals surface area contributed by atoms with E-state index in [4.69, 9.17) is 0 Å². The molecule has 98 valence electrons. The quantitative estimate of drug-likeness (QED) is 0.868. The van der Waals surface area contributed by atoms with Gasteiger partial charge >= 0.3 is 0 Å². The van der Waals surface area contributed by atoms with Gasteiger partial charge in [0.2, 0.25) is 5.91 Å². The van der Waals surface area contributed by atoms with Crippen LogP contribution in [0, 0.1) is 0 Å². The van der Waals surface area contributed by atoms with Crippen LogP contribution in [0.15, 0.2) is 12.1 Å². The normalized spacial score (nSPS) is 14.8. The van der Waals surface area contributed by atoms with Gasteiger partial charge in [0, 0.05) is 19.5 Å². The number of aromatic nitrogens is 2. The van der Waals surface area contributed by atoms with Crippen LogP contribution in [0.2, 0.25) is 0 Å². The van der Waals surface area contributed by atoms with E-state index < -0.39 is 0 Å². The van der Waals surface area contributed by atoms with Gasteiger partial charge < -0.3 is 10.2 Å². The molecule has 1 aromatic heterocycles. The average molecular weight is 248 g/mol. The minimum absolute atomic E-state index is 0.0140. The van der Waals surface area contributed by atoms with Gasteiger partial charge in [-0.2, -0.15) is 0 Å². The number of nitrogens with one attached hydrogen (secondary N) is 1. The van der Waals surface area contributed by atoms with E-state index in [2.05, 4.69) is 27.3 Å². The highest BCUT2D eigenvalue weighted by Crippen LogP contribution is 2.17. The van der Waals surface area contributed by atoms with Gasteiger partial charge in [-0.3, -0.25) is 4.79 Å². The summed E-state index contributed by atoms with van der Waals surface area (Å²) in [5.41, 5.74) is 0. The predicted octanol–water partition coefficient (Wildman–Crippen LogP) is 2.21. The molecule has 0 aromatic carbocycles. The van der Waals surface area contributed by atoms with Gasteiger partial charge in [-0.15, -0.1) is 10.2 Å². The number of unbranched alkanes of at least 4 members (excludes halogenated alkanes) is 1. The molecular formula is C13H20N4O. The molecule has 2 rings (SSSR count). The lowest BCUT2D eigenvalue weighted by molar-refractivity contribution is -0.116. The molecular weight excluding hydrogens is 228 g/mol. The monoisotopic (exact) mass is 248 g/mol. The second-order valence-corrected chi connectivity index (χ2v) is 4.62. The van der Waals surface area contributed by atoms with Crippen LogP contribution in [0.3, 0.4) is 0 Å². The molecule has 1 aromatic rings. The Kier molecular flexibility index (Phi) is 4.50. The van der Waals surface area contributed by atoms with Gasteiger partial charge in [0.05, 0.1) is 0 Å². The Balaban J connectivity index is 1.88. The number of amides is 1. The molecule has 1 fully saturated rings. The Labute approximate surface area is 108 Å². The zero-order valence-corrected chi connectivity index (χ0v) is 10.9. The van der Waals surface area contributed by atoms with E-state index in [1.165, 1.54) is 12.8 Å². The second kappa shape index (κ2) is 6.33. The second-order valence-electron chi connectivity index (χ2n) is 4.62. The summed E-state index contributed by atoms with van der Waals surface area (Å²) in [6.45, 7) is 4.17. The van der Waals surface area contributed by atoms with Crippen molar-refractivity contribution in [2.45, 2.75) is 39.0 Å². The Hall–Kier alpha value is -1.65. The molecule has 1 N–H and O–H groups in total. The first kappa shape index (κ1) is 12.8. The van der Waals surface area contributed by atoms with Gasteiger partial charge in [0.1, 0.15) is 0 Å². The van der Waals surface area contributed by atoms with Crippen LogP contribution in [-0.4, -0.2) is 29.2 Å². The third-order valence-corrected chi connectivity index (χ3v) is 3.11. The van der Waals surface area contributed by atoms with Crippen molar-refractivity contribution < 1.29 is 4.79 Å². The van der Waals surface area contributed by atoms with Crippen molar-refractivity contribution in [2.24, 2.45) is 0 Å². The third kappa shape index (κ3) is 3.42. The molecule has 2 heterocycles. The molecule has 0 saturated carbocycles. The van der Waals surface area contributed by atoms with Crippen molar-refractivity contribution in [3.63, 3.8) is 0 Å². The molecule has 1 aliphatic rings. The van der Waals surface area contributed by atoms with Crippen LogP contribution in [0.4, 0.5) is 11.6 Å². The predicted molar refractivity (Wildman–Crippen MR) is 71.6 cm³/mol. The molecule has 18 heavy (non-hydrogen) atoms. The van der Waals surface area contributed by atoms with Crippen LogP contribution in [-0.2, 0) is 4.79 Å². The summed E-state index contributed by atoms with van der Waals surface area (Å²) in [6, 6.07) is 3.75. The number of anilines is 2. The fourth-order valence-corrected chi connectivity index (χ4v) is 2.05. The van der Waals surface area contributed by atoms with Gasteiger partial charge in [-0.05, 0) is 31.4 Å². The molecule has 0 unspecified atom stereocenters. The van der Waals surface area contributed by atoms with Crippen molar-refractivity contribution >= 4 is 17.5 Å². The van der Waals surface area contributed by atoms with E-state index in [-0.39, 0.29) is 5.91 Å². The zero-order chi connectivity index (χ0) is 12.8. The van der Waals surface area contributed by atoms with Crippen LogP contribution in [0.5, 0.6) is 0 Å². The Morgan fingerprint density at radius 2 is 2.11 bits per heavy atom. The first-order valence-corrected chi connectivity index (χ1v) is 6.68. The fraction of sp³-hybridized carbons (Fsp3) is 0.615. The summed E-state index contributed by atoms with van der Waals surface area (Å²) in [7, 11) is 0. The van der Waals surface area contributed by atoms with Crippen molar-refractivity contribution in [1.82, 2.24) is 10.2 Å². The van der Waals surface area contributed by atoms with Gasteiger partial charge in [0.15, 0.2) is 11.6 Å². The van der Waals surface area contributed by atoms with Crippen molar-refractivity contribution in [1.29, 1.82) is 0 Å². The van der Waals surface area contributed by atoms with E-state index in [0.717, 1.165) is 31.7 Å². The first-order valence-electron chi connectivity index (χ1n) is 6.68. The highest BCUT2D eigenvalue weighted by atomic mass is 16.1. The Morgan fingerprint density at radius 3 is 2.72 bits per heavy atom. The zero-order valence-electron chi connectivity index (χ0n) is 10.9. The average Bonchev–Trinajstić information content (AvgIpc) is 2.91. The Morgan fingerprint density at radius 1 is 1.33 bits per heavy atom. The number of rotatable bonds is 5. The minimum Gasteiger partial charge on any atom is -0.355 e. The van der Waals surface area contributed by atoms with Crippen molar-refractivity contribution in [2.75, 3.05) is 23.3 Å². The van der Waals surface area contributed by atoms with Gasteiger partial charge in [-0.1, -0.05) is 13.3 Å². The van der Waals surface area contributed by atoms with Gasteiger partial charge in [-0.25, -0.2) is 0 Å². The lowest BCUT2D eigenvalue weighted by Crippen LogP contribution is -2.20. The number of nitrogens with zero attached hydrogens (tertiary/aromatic N) is 3. The summed E-state index contributed by atoms with van der Waals surface area (Å²) in [5, 5.41) is 11.0. The summed E-state index contributed by atoms with van der Waals surface area (Å²) >= 11 is 0. The van der Waals surface area contributed by atoms with Gasteiger partial charge in [0.25, 0.3) is 0 Å². The van der Waals surface area contributed by atoms with E-state index >= 15 is 0 Å². The lowest BCUT2D eigenvalue weighted by Gasteiger charge is -2.15. The van der Waals surface area contributed by atoms with Crippen LogP contribution < -0.4 is 10.2 Å². The number of hydrogen-bond acceptors (Lipinski definition) is 4. The van der Waals surface area contributed by atoms with E-state index in [1.54, 1.807) is 0 Å². The largest absolute Gasteiger partial charge is 0.355 e. The first-order chi connectivity index (χ1) is 8.79. The molecule has 0 atom stereocenters. The molecule has 5 heteroatoms. The maximum Gasteiger partial charge on any atom is 0.225 e. The molecule has 0 spiro atoms. The van der Waals surface area contributed by atoms with Crippen molar-refractivity contribution in [3.8, 4) is 0 Å². The molecule has 5 nitrogen and oxygen atoms in total. The van der Waals surface area contributed by atoms with Crippen LogP contribution in [0.1, 0.15) is 39.0 Å². The summed E-state index contributed by atoms with van der Waals surface area (Å²) < 4.78 is 0. The lowest BCUT2D eigenvalue weighted by atomic mass is 10.2. The summed E-state index contributed by atoms with van der Waals surface area (Å²) in [5.74, 6) is 1.46. The fourth-order valence-electron chi connectivity index (χ4n) is 2.05. The number of carbonyl (C=O) groups is 1. The highest BCUT2D eigenvalue weighted by Gasteiger charge is 2.13. The SMILES string of the molecule is CCCCC(=O)Nc1ccc(N2CCCC2)nn1. The maximum atomic E-state index is 11.5. The molecule has 1 saturated heterocycles. The standard InChI is InChI=1S/C13H20N4O/c1-2-3-6-13(18)14-11-7-8-12(16-15-11)17-9-4-5-10-17/h7-8H,2-6,9-10H2,1H3,(H,14,15,18).